The minimum absolute atomic E-state index is 0.727. The van der Waals surface area contributed by atoms with E-state index in [0.29, 0.717) is 0 Å². The molecule has 1 N–H and O–H groups in total. The quantitative estimate of drug-likeness (QED) is 0.378. The molecule has 1 aliphatic heterocycles. The van der Waals surface area contributed by atoms with Crippen molar-refractivity contribution in [1.82, 2.24) is 15.0 Å². The predicted octanol–water partition coefficient (Wildman–Crippen LogP) is 3.60. The Morgan fingerprint density at radius 2 is 1.46 bits per heavy atom. The Balaban J connectivity index is 1.34. The molecule has 0 unspecified atom stereocenters. The number of rotatable bonds is 6. The number of quaternary nitrogens is 1. The molecule has 0 bridgehead atoms. The molecule has 6 rings (SSSR count). The van der Waals surface area contributed by atoms with Crippen LogP contribution >= 0.6 is 22.7 Å². The second-order valence-electron chi connectivity index (χ2n) is 8.49. The van der Waals surface area contributed by atoms with Crippen molar-refractivity contribution in [2.75, 3.05) is 44.0 Å². The Morgan fingerprint density at radius 1 is 0.857 bits per heavy atom. The maximum Gasteiger partial charge on any atom is 0.192 e. The summed E-state index contributed by atoms with van der Waals surface area (Å²) in [7, 11) is 3.39. The van der Waals surface area contributed by atoms with Crippen molar-refractivity contribution in [3.05, 3.63) is 66.5 Å². The normalized spacial score (nSPS) is 14.7. The molecule has 0 spiro atoms. The lowest BCUT2D eigenvalue weighted by Crippen LogP contribution is -3.16. The van der Waals surface area contributed by atoms with Crippen LogP contribution in [0.3, 0.4) is 0 Å². The fourth-order valence-electron chi connectivity index (χ4n) is 4.37. The minimum atomic E-state index is 0.727. The van der Waals surface area contributed by atoms with Gasteiger partial charge in [-0.2, -0.15) is 0 Å². The number of thiazole rings is 2. The van der Waals surface area contributed by atoms with Gasteiger partial charge in [0.2, 0.25) is 0 Å². The number of benzene rings is 2. The van der Waals surface area contributed by atoms with E-state index < -0.39 is 0 Å². The van der Waals surface area contributed by atoms with E-state index in [1.54, 1.807) is 36.9 Å². The third-order valence-electron chi connectivity index (χ3n) is 6.06. The summed E-state index contributed by atoms with van der Waals surface area (Å²) in [4.78, 5) is 20.3. The van der Waals surface area contributed by atoms with Gasteiger partial charge in [-0.3, -0.25) is 19.7 Å². The lowest BCUT2D eigenvalue weighted by molar-refractivity contribution is -0.916. The van der Waals surface area contributed by atoms with Crippen molar-refractivity contribution in [2.24, 2.45) is 0 Å². The van der Waals surface area contributed by atoms with Crippen molar-refractivity contribution in [2.45, 2.75) is 6.54 Å². The Hall–Kier alpha value is -3.47. The second-order valence-corrected chi connectivity index (χ2v) is 10.5. The summed E-state index contributed by atoms with van der Waals surface area (Å²) >= 11 is 3.40. The van der Waals surface area contributed by atoms with E-state index in [9.17, 15) is 0 Å². The monoisotopic (exact) mass is 505 g/mol. The molecule has 2 aromatic carbocycles. The number of fused-ring (bicyclic) bond motifs is 2. The maximum atomic E-state index is 5.41. The van der Waals surface area contributed by atoms with Crippen molar-refractivity contribution in [3.63, 3.8) is 0 Å². The lowest BCUT2D eigenvalue weighted by Gasteiger charge is -2.39. The summed E-state index contributed by atoms with van der Waals surface area (Å²) < 4.78 is 13.1. The van der Waals surface area contributed by atoms with Crippen LogP contribution in [0.5, 0.6) is 11.5 Å². The number of nitrogens with one attached hydrogen (secondary N) is 1. The van der Waals surface area contributed by atoms with E-state index in [1.165, 1.54) is 10.5 Å². The van der Waals surface area contributed by atoms with Gasteiger partial charge in [0.15, 0.2) is 23.6 Å². The molecule has 0 aliphatic carbocycles. The van der Waals surface area contributed by atoms with Crippen molar-refractivity contribution in [1.29, 1.82) is 0 Å². The van der Waals surface area contributed by atoms with Crippen LogP contribution < -0.4 is 24.2 Å². The Bertz CT molecular complexity index is 1380. The zero-order valence-electron chi connectivity index (χ0n) is 19.5. The molecule has 10 heteroatoms. The summed E-state index contributed by atoms with van der Waals surface area (Å²) in [6.45, 7) is 3.30. The summed E-state index contributed by atoms with van der Waals surface area (Å²) in [5.41, 5.74) is 3.19. The van der Waals surface area contributed by atoms with Crippen molar-refractivity contribution < 1.29 is 14.4 Å². The van der Waals surface area contributed by atoms with Gasteiger partial charge in [-0.25, -0.2) is 9.97 Å². The molecule has 35 heavy (non-hydrogen) atoms. The zero-order valence-corrected chi connectivity index (χ0v) is 21.1. The lowest BCUT2D eigenvalue weighted by atomic mass is 10.2. The number of ether oxygens (including phenoxy) is 2. The average molecular weight is 506 g/mol. The minimum Gasteiger partial charge on any atom is -0.497 e. The first-order valence-corrected chi connectivity index (χ1v) is 12.9. The van der Waals surface area contributed by atoms with Crippen LogP contribution in [0.2, 0.25) is 0 Å². The molecule has 3 aromatic heterocycles. The average Bonchev–Trinajstić information content (AvgIpc) is 3.52. The largest absolute Gasteiger partial charge is 0.497 e. The van der Waals surface area contributed by atoms with Gasteiger partial charge in [0, 0.05) is 18.0 Å². The van der Waals surface area contributed by atoms with Gasteiger partial charge in [0.05, 0.1) is 34.7 Å². The highest BCUT2D eigenvalue weighted by Gasteiger charge is 2.30. The van der Waals surface area contributed by atoms with E-state index in [4.69, 9.17) is 19.4 Å². The molecule has 0 saturated carbocycles. The van der Waals surface area contributed by atoms with E-state index in [0.717, 1.165) is 68.7 Å². The van der Waals surface area contributed by atoms with E-state index >= 15 is 0 Å². The van der Waals surface area contributed by atoms with Gasteiger partial charge in [-0.1, -0.05) is 28.7 Å². The topological polar surface area (TPSA) is 68.0 Å². The first-order chi connectivity index (χ1) is 17.2. The van der Waals surface area contributed by atoms with Crippen molar-refractivity contribution >= 4 is 53.4 Å². The molecule has 1 aliphatic rings. The Morgan fingerprint density at radius 3 is 1.97 bits per heavy atom. The van der Waals surface area contributed by atoms with Gasteiger partial charge >= 0.3 is 0 Å². The maximum absolute atomic E-state index is 5.41. The standard InChI is InChI=1S/C25H24N6O2S2/c1-32-18-5-7-20-22(10-18)34-24(27-20)30-14-29(13-17-4-3-9-26-12-17)15-31(16-30)25-28-21-8-6-19(33-2)11-23(21)35-25/h3-12H,13-16H2,1-2H3/p+1. The highest BCUT2D eigenvalue weighted by molar-refractivity contribution is 7.22. The van der Waals surface area contributed by atoms with Gasteiger partial charge in [-0.05, 0) is 42.5 Å². The molecule has 8 nitrogen and oxygen atoms in total. The molecule has 0 radical (unpaired) electrons. The Kier molecular flexibility index (Phi) is 5.85. The third-order valence-corrected chi connectivity index (χ3v) is 8.21. The first-order valence-electron chi connectivity index (χ1n) is 11.3. The Labute approximate surface area is 211 Å². The van der Waals surface area contributed by atoms with Crippen LogP contribution in [-0.4, -0.2) is 49.2 Å². The number of aromatic nitrogens is 3. The highest BCUT2D eigenvalue weighted by Crippen LogP contribution is 2.34. The van der Waals surface area contributed by atoms with Gasteiger partial charge < -0.3 is 9.47 Å². The molecule has 0 amide bonds. The van der Waals surface area contributed by atoms with Crippen molar-refractivity contribution in [3.8, 4) is 11.5 Å². The third kappa shape index (κ3) is 4.47. The smallest absolute Gasteiger partial charge is 0.192 e. The van der Waals surface area contributed by atoms with Crippen LogP contribution in [0.25, 0.3) is 20.4 Å². The number of pyridine rings is 1. The zero-order chi connectivity index (χ0) is 23.8. The van der Waals surface area contributed by atoms with Crippen LogP contribution in [0.4, 0.5) is 10.3 Å². The molecule has 178 valence electrons. The molecule has 0 atom stereocenters. The molecule has 1 fully saturated rings. The summed E-state index contributed by atoms with van der Waals surface area (Å²) in [6, 6.07) is 16.2. The molecular weight excluding hydrogens is 480 g/mol. The molecule has 1 saturated heterocycles. The van der Waals surface area contributed by atoms with E-state index in [-0.39, 0.29) is 0 Å². The number of nitrogens with zero attached hydrogens (tertiary/aromatic N) is 5. The fraction of sp³-hybridized carbons (Fsp3) is 0.240. The first kappa shape index (κ1) is 22.0. The summed E-state index contributed by atoms with van der Waals surface area (Å²) in [5, 5.41) is 2.01. The van der Waals surface area contributed by atoms with Gasteiger partial charge in [0.1, 0.15) is 24.7 Å². The van der Waals surface area contributed by atoms with E-state index in [2.05, 4.69) is 33.0 Å². The van der Waals surface area contributed by atoms with E-state index in [1.807, 2.05) is 42.7 Å². The SMILES string of the molecule is COc1ccc2nc(N3CN(c4nc5ccc(OC)cc5s4)C[NH+](Cc4cccnc4)C3)sc2c1. The second kappa shape index (κ2) is 9.29. The van der Waals surface area contributed by atoms with Crippen LogP contribution in [0.15, 0.2) is 60.9 Å². The summed E-state index contributed by atoms with van der Waals surface area (Å²) in [5.74, 6) is 1.70. The molecule has 5 aromatic rings. The summed E-state index contributed by atoms with van der Waals surface area (Å²) in [6.07, 6.45) is 3.77. The van der Waals surface area contributed by atoms with Gasteiger partial charge in [-0.15, -0.1) is 0 Å². The number of methoxy groups -OCH3 is 2. The predicted molar refractivity (Wildman–Crippen MR) is 141 cm³/mol. The number of anilines is 2. The van der Waals surface area contributed by atoms with Gasteiger partial charge in [0.25, 0.3) is 0 Å². The highest BCUT2D eigenvalue weighted by atomic mass is 32.1. The molecule has 4 heterocycles. The molecular formula is C25H25N6O2S2+. The number of hydrogen-bond donors (Lipinski definition) is 1. The van der Waals surface area contributed by atoms with Crippen LogP contribution in [-0.2, 0) is 6.54 Å². The van der Waals surface area contributed by atoms with Crippen LogP contribution in [0.1, 0.15) is 5.56 Å². The van der Waals surface area contributed by atoms with Crippen LogP contribution in [0, 0.1) is 0 Å². The fourth-order valence-corrected chi connectivity index (χ4v) is 6.34. The number of hydrogen-bond acceptors (Lipinski definition) is 9.